The number of aromatic nitrogens is 5. The van der Waals surface area contributed by atoms with Crippen LogP contribution in [0.3, 0.4) is 0 Å². The van der Waals surface area contributed by atoms with Crippen molar-refractivity contribution in [1.82, 2.24) is 25.6 Å². The van der Waals surface area contributed by atoms with E-state index in [4.69, 9.17) is 0 Å². The zero-order chi connectivity index (χ0) is 7.52. The Labute approximate surface area is 62.5 Å². The van der Waals surface area contributed by atoms with Crippen LogP contribution in [-0.2, 0) is 0 Å². The highest BCUT2D eigenvalue weighted by atomic mass is 15.5. The molecule has 0 saturated carbocycles. The number of rotatable bonds is 1. The molecular formula is C6H4N5-. The second kappa shape index (κ2) is 2.45. The molecule has 2 heterocycles. The van der Waals surface area contributed by atoms with E-state index in [-0.39, 0.29) is 0 Å². The number of tetrazole rings is 1. The van der Waals surface area contributed by atoms with Crippen LogP contribution in [0.15, 0.2) is 24.5 Å². The Kier molecular flexibility index (Phi) is 1.33. The molecule has 0 spiro atoms. The van der Waals surface area contributed by atoms with Crippen molar-refractivity contribution in [3.63, 3.8) is 0 Å². The van der Waals surface area contributed by atoms with Crippen LogP contribution in [-0.4, -0.2) is 20.5 Å². The fraction of sp³-hybridized carbons (Fsp3) is 0. The minimum Gasteiger partial charge on any atom is -0.330 e. The Hall–Kier alpha value is -1.78. The fourth-order valence-corrected chi connectivity index (χ4v) is 0.761. The van der Waals surface area contributed by atoms with Crippen molar-refractivity contribution >= 4 is 0 Å². The monoisotopic (exact) mass is 146 g/mol. The Bertz CT molecular complexity index is 314. The van der Waals surface area contributed by atoms with Gasteiger partial charge in [0.1, 0.15) is 0 Å². The predicted molar refractivity (Wildman–Crippen MR) is 36.4 cm³/mol. The van der Waals surface area contributed by atoms with Gasteiger partial charge in [0, 0.05) is 18.2 Å². The van der Waals surface area contributed by atoms with Gasteiger partial charge in [-0.2, -0.15) is 5.21 Å². The van der Waals surface area contributed by atoms with Gasteiger partial charge in [0.2, 0.25) is 0 Å². The molecule has 0 saturated heterocycles. The molecule has 0 atom stereocenters. The van der Waals surface area contributed by atoms with Crippen LogP contribution < -0.4 is 5.10 Å². The van der Waals surface area contributed by atoms with Gasteiger partial charge < -0.3 is 5.10 Å². The van der Waals surface area contributed by atoms with Crippen molar-refractivity contribution in [2.24, 2.45) is 0 Å². The van der Waals surface area contributed by atoms with E-state index in [1.807, 2.05) is 0 Å². The normalized spacial score (nSPS) is 9.82. The minimum absolute atomic E-state index is 0.535. The van der Waals surface area contributed by atoms with Crippen LogP contribution in [0.5, 0.6) is 0 Å². The van der Waals surface area contributed by atoms with Crippen molar-refractivity contribution in [3.05, 3.63) is 24.5 Å². The van der Waals surface area contributed by atoms with Gasteiger partial charge in [-0.15, -0.1) is 0 Å². The summed E-state index contributed by atoms with van der Waals surface area (Å²) in [5, 5.41) is 14.1. The highest BCUT2D eigenvalue weighted by Gasteiger charge is 1.90. The molecule has 0 bridgehead atoms. The van der Waals surface area contributed by atoms with Crippen molar-refractivity contribution < 1.29 is 0 Å². The van der Waals surface area contributed by atoms with Crippen LogP contribution in [0.1, 0.15) is 0 Å². The maximum Gasteiger partial charge on any atom is 0.0398 e. The van der Waals surface area contributed by atoms with Crippen LogP contribution in [0.4, 0.5) is 0 Å². The molecule has 11 heavy (non-hydrogen) atoms. The Morgan fingerprint density at radius 2 is 2.00 bits per heavy atom. The molecule has 0 aliphatic rings. The smallest absolute Gasteiger partial charge is 0.0398 e. The summed E-state index contributed by atoms with van der Waals surface area (Å²) in [4.78, 5) is 3.86. The highest BCUT2D eigenvalue weighted by molar-refractivity contribution is 5.51. The lowest BCUT2D eigenvalue weighted by Crippen LogP contribution is -1.82. The maximum absolute atomic E-state index is 3.86. The average molecular weight is 146 g/mol. The van der Waals surface area contributed by atoms with Crippen LogP contribution in [0.2, 0.25) is 0 Å². The van der Waals surface area contributed by atoms with E-state index >= 15 is 0 Å². The van der Waals surface area contributed by atoms with Crippen molar-refractivity contribution in [2.75, 3.05) is 0 Å². The molecule has 54 valence electrons. The van der Waals surface area contributed by atoms with E-state index in [0.717, 1.165) is 5.56 Å². The quantitative estimate of drug-likeness (QED) is 0.561. The van der Waals surface area contributed by atoms with Crippen LogP contribution >= 0.6 is 0 Å². The van der Waals surface area contributed by atoms with E-state index < -0.39 is 0 Å². The molecule has 0 aromatic carbocycles. The molecule has 0 unspecified atom stereocenters. The number of hydrogen-bond donors (Lipinski definition) is 0. The van der Waals surface area contributed by atoms with Gasteiger partial charge in [-0.05, 0) is 17.7 Å². The molecule has 2 rings (SSSR count). The molecule has 0 N–H and O–H groups in total. The lowest BCUT2D eigenvalue weighted by molar-refractivity contribution is 0.871. The Morgan fingerprint density at radius 3 is 2.64 bits per heavy atom. The Balaban J connectivity index is 2.46. The van der Waals surface area contributed by atoms with Gasteiger partial charge in [-0.3, -0.25) is 15.3 Å². The van der Waals surface area contributed by atoms with Gasteiger partial charge in [0.25, 0.3) is 0 Å². The molecule has 0 fully saturated rings. The molecule has 5 heteroatoms. The average Bonchev–Trinajstić information content (AvgIpc) is 2.58. The van der Waals surface area contributed by atoms with Gasteiger partial charge in [0.15, 0.2) is 0 Å². The second-order valence-corrected chi connectivity index (χ2v) is 1.94. The summed E-state index contributed by atoms with van der Waals surface area (Å²) in [6.07, 6.45) is 3.34. The summed E-state index contributed by atoms with van der Waals surface area (Å²) < 4.78 is 0. The van der Waals surface area contributed by atoms with Crippen molar-refractivity contribution in [1.29, 1.82) is 0 Å². The molecular weight excluding hydrogens is 142 g/mol. The molecule has 0 radical (unpaired) electrons. The zero-order valence-electron chi connectivity index (χ0n) is 5.55. The third kappa shape index (κ3) is 1.07. The Morgan fingerprint density at radius 1 is 1.18 bits per heavy atom. The van der Waals surface area contributed by atoms with Crippen LogP contribution in [0.25, 0.3) is 11.4 Å². The predicted octanol–water partition coefficient (Wildman–Crippen LogP) is -0.109. The third-order valence-corrected chi connectivity index (χ3v) is 1.26. The van der Waals surface area contributed by atoms with E-state index in [1.165, 1.54) is 0 Å². The summed E-state index contributed by atoms with van der Waals surface area (Å²) in [5.41, 5.74) is 0.880. The first-order valence-corrected chi connectivity index (χ1v) is 3.06. The number of nitrogens with zero attached hydrogens (tertiary/aromatic N) is 5. The van der Waals surface area contributed by atoms with E-state index in [2.05, 4.69) is 25.6 Å². The van der Waals surface area contributed by atoms with Crippen molar-refractivity contribution in [2.45, 2.75) is 0 Å². The van der Waals surface area contributed by atoms with Crippen molar-refractivity contribution in [3.8, 4) is 11.4 Å². The summed E-state index contributed by atoms with van der Waals surface area (Å²) in [6.45, 7) is 0. The first-order valence-electron chi connectivity index (χ1n) is 3.06. The maximum atomic E-state index is 3.86. The van der Waals surface area contributed by atoms with Crippen LogP contribution in [0, 0.1) is 0 Å². The molecule has 0 aliphatic carbocycles. The van der Waals surface area contributed by atoms with Gasteiger partial charge in [-0.1, -0.05) is 0 Å². The van der Waals surface area contributed by atoms with E-state index in [1.54, 1.807) is 24.5 Å². The minimum atomic E-state index is 0.535. The number of hydrogen-bond acceptors (Lipinski definition) is 4. The van der Waals surface area contributed by atoms with E-state index in [0.29, 0.717) is 5.82 Å². The molecule has 5 nitrogen and oxygen atoms in total. The standard InChI is InChI=1S/C6H4N5/c1-3-7-4-2-5(1)6-8-10-11-9-6/h1-4H/q-1. The SMILES string of the molecule is c1cc(-c2nnn[n-]2)ccn1. The first-order chi connectivity index (χ1) is 5.47. The third-order valence-electron chi connectivity index (χ3n) is 1.26. The second-order valence-electron chi connectivity index (χ2n) is 1.94. The van der Waals surface area contributed by atoms with Gasteiger partial charge in [-0.25, -0.2) is 0 Å². The molecule has 2 aromatic heterocycles. The topological polar surface area (TPSA) is 65.7 Å². The zero-order valence-corrected chi connectivity index (χ0v) is 5.55. The summed E-state index contributed by atoms with van der Waals surface area (Å²) >= 11 is 0. The molecule has 0 aliphatic heterocycles. The lowest BCUT2D eigenvalue weighted by Gasteiger charge is -1.95. The fourth-order valence-electron chi connectivity index (χ4n) is 0.761. The summed E-state index contributed by atoms with van der Waals surface area (Å²) in [6, 6.07) is 3.61. The lowest BCUT2D eigenvalue weighted by atomic mass is 10.3. The number of pyridine rings is 1. The van der Waals surface area contributed by atoms with Gasteiger partial charge >= 0.3 is 0 Å². The van der Waals surface area contributed by atoms with E-state index in [9.17, 15) is 0 Å². The largest absolute Gasteiger partial charge is 0.330 e. The first kappa shape index (κ1) is 5.96. The molecule has 2 aromatic rings. The molecule has 0 amide bonds. The highest BCUT2D eigenvalue weighted by Crippen LogP contribution is 2.08. The van der Waals surface area contributed by atoms with Gasteiger partial charge in [0.05, 0.1) is 0 Å². The summed E-state index contributed by atoms with van der Waals surface area (Å²) in [7, 11) is 0. The summed E-state index contributed by atoms with van der Waals surface area (Å²) in [5.74, 6) is 0.535.